The highest BCUT2D eigenvalue weighted by atomic mass is 32.1. The van der Waals surface area contributed by atoms with Crippen molar-refractivity contribution in [2.45, 2.75) is 52.7 Å². The van der Waals surface area contributed by atoms with Gasteiger partial charge in [0.1, 0.15) is 11.5 Å². The second kappa shape index (κ2) is 16.3. The van der Waals surface area contributed by atoms with Crippen LogP contribution in [0.1, 0.15) is 50.5 Å². The first-order valence-electron chi connectivity index (χ1n) is 14.9. The topological polar surface area (TPSA) is 132 Å². The molecule has 1 fully saturated rings. The zero-order valence-corrected chi connectivity index (χ0v) is 26.1. The van der Waals surface area contributed by atoms with Crippen molar-refractivity contribution in [1.29, 1.82) is 0 Å². The van der Waals surface area contributed by atoms with Crippen molar-refractivity contribution >= 4 is 28.1 Å². The molecule has 0 saturated carbocycles. The number of rotatable bonds is 16. The summed E-state index contributed by atoms with van der Waals surface area (Å²) in [7, 11) is 0. The van der Waals surface area contributed by atoms with Crippen molar-refractivity contribution in [3.63, 3.8) is 0 Å². The van der Waals surface area contributed by atoms with Crippen LogP contribution in [-0.2, 0) is 16.0 Å². The monoisotopic (exact) mass is 609 g/mol. The molecule has 0 amide bonds. The number of amidine groups is 1. The number of ether oxygens (including phenoxy) is 3. The number of unbranched alkanes of at least 4 members (excludes halogenated alkanes) is 1. The summed E-state index contributed by atoms with van der Waals surface area (Å²) < 4.78 is 17.9. The fraction of sp³-hybridized carbons (Fsp3) is 0.469. The molecule has 2 aromatic carbocycles. The Morgan fingerprint density at radius 3 is 2.37 bits per heavy atom. The molecule has 11 heteroatoms. The average molecular weight is 610 g/mol. The molecule has 2 heterocycles. The first kappa shape index (κ1) is 32.2. The Morgan fingerprint density at radius 2 is 1.77 bits per heavy atom. The molecule has 0 bridgehead atoms. The molecule has 0 spiro atoms. The lowest BCUT2D eigenvalue weighted by Gasteiger charge is -2.26. The Balaban J connectivity index is 1.47. The van der Waals surface area contributed by atoms with E-state index >= 15 is 0 Å². The molecule has 1 atom stereocenters. The SMILES string of the molecule is CCCCC(Oc1ccc(C(N)=NO)cc1)Oc1ccc(-c2nc(NCC(=O)C(C)C)sc2CCN2CCOCC2)cc1. The highest BCUT2D eigenvalue weighted by Gasteiger charge is 2.18. The summed E-state index contributed by atoms with van der Waals surface area (Å²) in [4.78, 5) is 20.7. The van der Waals surface area contributed by atoms with Crippen LogP contribution in [0.4, 0.5) is 5.13 Å². The van der Waals surface area contributed by atoms with Crippen molar-refractivity contribution in [2.75, 3.05) is 44.7 Å². The van der Waals surface area contributed by atoms with Gasteiger partial charge in [-0.2, -0.15) is 0 Å². The molecular formula is C32H43N5O5S. The number of hydrogen-bond acceptors (Lipinski definition) is 10. The third-order valence-electron chi connectivity index (χ3n) is 7.23. The van der Waals surface area contributed by atoms with Gasteiger partial charge in [0.05, 0.1) is 25.5 Å². The lowest BCUT2D eigenvalue weighted by Crippen LogP contribution is -2.37. The maximum absolute atomic E-state index is 12.2. The van der Waals surface area contributed by atoms with Gasteiger partial charge < -0.3 is 30.5 Å². The number of oxime groups is 1. The number of hydrogen-bond donors (Lipinski definition) is 3. The van der Waals surface area contributed by atoms with Gasteiger partial charge in [-0.1, -0.05) is 32.3 Å². The van der Waals surface area contributed by atoms with E-state index in [4.69, 9.17) is 30.1 Å². The van der Waals surface area contributed by atoms with Crippen LogP contribution in [0.15, 0.2) is 53.7 Å². The van der Waals surface area contributed by atoms with Crippen LogP contribution < -0.4 is 20.5 Å². The van der Waals surface area contributed by atoms with Gasteiger partial charge >= 0.3 is 0 Å². The minimum Gasteiger partial charge on any atom is -0.455 e. The van der Waals surface area contributed by atoms with E-state index in [0.29, 0.717) is 17.1 Å². The number of nitrogens with zero attached hydrogens (tertiary/aromatic N) is 3. The third kappa shape index (κ3) is 9.67. The lowest BCUT2D eigenvalue weighted by atomic mass is 10.1. The number of aromatic nitrogens is 1. The summed E-state index contributed by atoms with van der Waals surface area (Å²) in [6, 6.07) is 15.0. The van der Waals surface area contributed by atoms with Gasteiger partial charge in [0.2, 0.25) is 6.29 Å². The quantitative estimate of drug-likeness (QED) is 0.0643. The minimum atomic E-state index is -0.474. The first-order chi connectivity index (χ1) is 20.9. The number of Topliss-reactive ketones (excluding diaryl/α,β-unsaturated/α-hetero) is 1. The first-order valence-corrected chi connectivity index (χ1v) is 15.8. The second-order valence-electron chi connectivity index (χ2n) is 10.8. The van der Waals surface area contributed by atoms with E-state index in [2.05, 4.69) is 22.3 Å². The molecule has 43 heavy (non-hydrogen) atoms. The van der Waals surface area contributed by atoms with Crippen LogP contribution in [0.5, 0.6) is 11.5 Å². The minimum absolute atomic E-state index is 0.0238. The summed E-state index contributed by atoms with van der Waals surface area (Å²) in [6.45, 7) is 10.6. The smallest absolute Gasteiger partial charge is 0.241 e. The molecule has 4 rings (SSSR count). The largest absolute Gasteiger partial charge is 0.455 e. The molecule has 1 aliphatic rings. The Labute approximate surface area is 257 Å². The molecule has 1 saturated heterocycles. The predicted octanol–water partition coefficient (Wildman–Crippen LogP) is 5.39. The van der Waals surface area contributed by atoms with Crippen LogP contribution in [0, 0.1) is 5.92 Å². The number of nitrogens with two attached hydrogens (primary N) is 1. The molecule has 0 radical (unpaired) electrons. The summed E-state index contributed by atoms with van der Waals surface area (Å²) in [6.07, 6.45) is 3.08. The number of morpholine rings is 1. The Kier molecular flexibility index (Phi) is 12.2. The number of benzene rings is 2. The van der Waals surface area contributed by atoms with Crippen LogP contribution in [0.2, 0.25) is 0 Å². The van der Waals surface area contributed by atoms with E-state index in [1.54, 1.807) is 35.6 Å². The number of carbonyl (C=O) groups excluding carboxylic acids is 1. The summed E-state index contributed by atoms with van der Waals surface area (Å²) >= 11 is 1.61. The number of anilines is 1. The predicted molar refractivity (Wildman–Crippen MR) is 170 cm³/mol. The van der Waals surface area contributed by atoms with E-state index in [9.17, 15) is 4.79 Å². The number of ketones is 1. The van der Waals surface area contributed by atoms with E-state index in [1.165, 1.54) is 4.88 Å². The standard InChI is InChI=1S/C32H43N5O5S/c1-4-5-6-29(42-26-13-9-24(10-14-26)31(33)36-39)41-25-11-7-23(8-12-25)30-28(15-16-37-17-19-40-20-18-37)43-32(35-30)34-21-27(38)22(2)3/h7-14,22,29,39H,4-6,15-21H2,1-3H3,(H2,33,36)(H,34,35). The maximum Gasteiger partial charge on any atom is 0.241 e. The van der Waals surface area contributed by atoms with E-state index in [1.807, 2.05) is 38.1 Å². The normalized spacial score (nSPS) is 14.9. The summed E-state index contributed by atoms with van der Waals surface area (Å²) in [5, 5.41) is 15.9. The van der Waals surface area contributed by atoms with Gasteiger partial charge in [0.25, 0.3) is 0 Å². The van der Waals surface area contributed by atoms with Crippen molar-refractivity contribution in [1.82, 2.24) is 9.88 Å². The van der Waals surface area contributed by atoms with Crippen LogP contribution in [0.3, 0.4) is 0 Å². The fourth-order valence-corrected chi connectivity index (χ4v) is 5.51. The molecule has 3 aromatic rings. The number of nitrogens with one attached hydrogen (secondary N) is 1. The van der Waals surface area contributed by atoms with Gasteiger partial charge in [0, 0.05) is 48.0 Å². The fourth-order valence-electron chi connectivity index (χ4n) is 4.54. The van der Waals surface area contributed by atoms with Crippen molar-refractivity contribution in [3.8, 4) is 22.8 Å². The number of thiazole rings is 1. The van der Waals surface area contributed by atoms with Gasteiger partial charge in [-0.3, -0.25) is 9.69 Å². The molecule has 10 nitrogen and oxygen atoms in total. The zero-order chi connectivity index (χ0) is 30.6. The second-order valence-corrected chi connectivity index (χ2v) is 11.9. The van der Waals surface area contributed by atoms with Gasteiger partial charge in [-0.25, -0.2) is 4.98 Å². The number of carbonyl (C=O) groups is 1. The lowest BCUT2D eigenvalue weighted by molar-refractivity contribution is -0.120. The van der Waals surface area contributed by atoms with Gasteiger partial charge in [-0.15, -0.1) is 11.3 Å². The van der Waals surface area contributed by atoms with Gasteiger partial charge in [0.15, 0.2) is 16.8 Å². The molecule has 232 valence electrons. The van der Waals surface area contributed by atoms with Crippen LogP contribution in [0.25, 0.3) is 11.3 Å². The average Bonchev–Trinajstić information content (AvgIpc) is 3.45. The van der Waals surface area contributed by atoms with Crippen LogP contribution in [-0.4, -0.2) is 72.4 Å². The summed E-state index contributed by atoms with van der Waals surface area (Å²) in [5.74, 6) is 1.51. The van der Waals surface area contributed by atoms with Gasteiger partial charge in [-0.05, 0) is 61.4 Å². The third-order valence-corrected chi connectivity index (χ3v) is 8.30. The zero-order valence-electron chi connectivity index (χ0n) is 25.3. The highest BCUT2D eigenvalue weighted by molar-refractivity contribution is 7.16. The van der Waals surface area contributed by atoms with Crippen molar-refractivity contribution in [3.05, 3.63) is 59.0 Å². The van der Waals surface area contributed by atoms with E-state index < -0.39 is 6.29 Å². The molecular weight excluding hydrogens is 566 g/mol. The Morgan fingerprint density at radius 1 is 1.12 bits per heavy atom. The van der Waals surface area contributed by atoms with Crippen molar-refractivity contribution in [2.24, 2.45) is 16.8 Å². The molecule has 1 unspecified atom stereocenters. The Bertz CT molecular complexity index is 1320. The Hall–Kier alpha value is -3.67. The molecule has 0 aliphatic carbocycles. The highest BCUT2D eigenvalue weighted by Crippen LogP contribution is 2.33. The van der Waals surface area contributed by atoms with Crippen molar-refractivity contribution < 1.29 is 24.2 Å². The van der Waals surface area contributed by atoms with Crippen LogP contribution >= 0.6 is 11.3 Å². The molecule has 1 aromatic heterocycles. The van der Waals surface area contributed by atoms with E-state index in [-0.39, 0.29) is 24.1 Å². The maximum atomic E-state index is 12.2. The molecule has 4 N–H and O–H groups in total. The van der Waals surface area contributed by atoms with E-state index in [0.717, 1.165) is 74.9 Å². The summed E-state index contributed by atoms with van der Waals surface area (Å²) in [5.41, 5.74) is 8.20. The molecule has 1 aliphatic heterocycles.